The molecule has 1 aromatic rings. The highest BCUT2D eigenvalue weighted by Gasteiger charge is 2.41. The Morgan fingerprint density at radius 3 is 2.48 bits per heavy atom. The zero-order chi connectivity index (χ0) is 17.0. The highest BCUT2D eigenvalue weighted by Crippen LogP contribution is 2.24. The van der Waals surface area contributed by atoms with E-state index in [1.807, 2.05) is 0 Å². The van der Waals surface area contributed by atoms with Crippen molar-refractivity contribution in [3.05, 3.63) is 35.9 Å². The van der Waals surface area contributed by atoms with E-state index in [4.69, 9.17) is 5.11 Å². The van der Waals surface area contributed by atoms with Crippen molar-refractivity contribution in [2.75, 3.05) is 13.2 Å². The highest BCUT2D eigenvalue weighted by atomic mass is 16.4. The van der Waals surface area contributed by atoms with Crippen LogP contribution in [0.2, 0.25) is 0 Å². The summed E-state index contributed by atoms with van der Waals surface area (Å²) in [5.41, 5.74) is 0.463. The maximum Gasteiger partial charge on any atom is 0.326 e. The van der Waals surface area contributed by atoms with Crippen LogP contribution in [0.4, 0.5) is 0 Å². The SMILES string of the molecule is O=C(CO)N[C@@H](C(=O)N1CC(O)CC1C(=O)O)c1ccccc1. The van der Waals surface area contributed by atoms with Crippen molar-refractivity contribution in [2.45, 2.75) is 24.6 Å². The molecule has 1 aliphatic rings. The van der Waals surface area contributed by atoms with Gasteiger partial charge in [0, 0.05) is 13.0 Å². The van der Waals surface area contributed by atoms with E-state index in [1.165, 1.54) is 0 Å². The number of carbonyl (C=O) groups excluding carboxylic acids is 2. The number of aliphatic hydroxyl groups is 2. The first-order chi connectivity index (χ1) is 10.9. The Hall–Kier alpha value is -2.45. The van der Waals surface area contributed by atoms with Crippen LogP contribution >= 0.6 is 0 Å². The number of likely N-dealkylation sites (tertiary alicyclic amines) is 1. The monoisotopic (exact) mass is 322 g/mol. The molecule has 0 aromatic heterocycles. The van der Waals surface area contributed by atoms with Gasteiger partial charge in [-0.1, -0.05) is 30.3 Å². The first-order valence-corrected chi connectivity index (χ1v) is 7.10. The van der Waals surface area contributed by atoms with Crippen molar-refractivity contribution < 1.29 is 29.7 Å². The molecule has 8 nitrogen and oxygen atoms in total. The first-order valence-electron chi connectivity index (χ1n) is 7.10. The molecular weight excluding hydrogens is 304 g/mol. The number of hydrogen-bond donors (Lipinski definition) is 4. The molecule has 2 amide bonds. The standard InChI is InChI=1S/C15H18N2O6/c18-8-12(20)16-13(9-4-2-1-3-5-9)14(21)17-7-10(19)6-11(17)15(22)23/h1-5,10-11,13,18-19H,6-8H2,(H,16,20)(H,22,23)/t10?,11?,13-/m1/s1. The lowest BCUT2D eigenvalue weighted by molar-refractivity contribution is -0.149. The van der Waals surface area contributed by atoms with Crippen LogP contribution in [0.3, 0.4) is 0 Å². The Morgan fingerprint density at radius 2 is 1.91 bits per heavy atom. The lowest BCUT2D eigenvalue weighted by Crippen LogP contribution is -2.47. The Bertz CT molecular complexity index is 591. The van der Waals surface area contributed by atoms with Crippen LogP contribution in [-0.4, -0.2) is 63.3 Å². The molecule has 1 fully saturated rings. The molecule has 8 heteroatoms. The summed E-state index contributed by atoms with van der Waals surface area (Å²) >= 11 is 0. The number of nitrogens with one attached hydrogen (secondary N) is 1. The van der Waals surface area contributed by atoms with E-state index >= 15 is 0 Å². The summed E-state index contributed by atoms with van der Waals surface area (Å²) < 4.78 is 0. The Balaban J connectivity index is 2.29. The molecular formula is C15H18N2O6. The number of aliphatic hydroxyl groups excluding tert-OH is 2. The predicted octanol–water partition coefficient (Wildman–Crippen LogP) is -1.12. The maximum atomic E-state index is 12.7. The number of carbonyl (C=O) groups is 3. The minimum absolute atomic E-state index is 0.0590. The third-order valence-corrected chi connectivity index (χ3v) is 3.68. The number of nitrogens with zero attached hydrogens (tertiary/aromatic N) is 1. The van der Waals surface area contributed by atoms with E-state index in [2.05, 4.69) is 5.32 Å². The summed E-state index contributed by atoms with van der Waals surface area (Å²) in [5, 5.41) is 30.1. The van der Waals surface area contributed by atoms with Crippen LogP contribution in [0.25, 0.3) is 0 Å². The van der Waals surface area contributed by atoms with Crippen molar-refractivity contribution in [2.24, 2.45) is 0 Å². The Kier molecular flexibility index (Phi) is 5.30. The zero-order valence-electron chi connectivity index (χ0n) is 12.3. The summed E-state index contributed by atoms with van der Waals surface area (Å²) in [7, 11) is 0. The third kappa shape index (κ3) is 3.85. The summed E-state index contributed by atoms with van der Waals surface area (Å²) in [6, 6.07) is 6.05. The van der Waals surface area contributed by atoms with Gasteiger partial charge in [-0.05, 0) is 5.56 Å². The van der Waals surface area contributed by atoms with Gasteiger partial charge in [-0.15, -0.1) is 0 Å². The second-order valence-electron chi connectivity index (χ2n) is 5.30. The van der Waals surface area contributed by atoms with Gasteiger partial charge >= 0.3 is 5.97 Å². The fourth-order valence-corrected chi connectivity index (χ4v) is 2.60. The molecule has 2 unspecified atom stereocenters. The molecule has 1 heterocycles. The summed E-state index contributed by atoms with van der Waals surface area (Å²) in [6.45, 7) is -0.907. The summed E-state index contributed by atoms with van der Waals surface area (Å²) in [6.07, 6.45) is -0.985. The largest absolute Gasteiger partial charge is 0.480 e. The number of hydrogen-bond acceptors (Lipinski definition) is 5. The molecule has 2 rings (SSSR count). The van der Waals surface area contributed by atoms with Crippen LogP contribution in [0, 0.1) is 0 Å². The molecule has 0 radical (unpaired) electrons. The summed E-state index contributed by atoms with van der Waals surface area (Å²) in [5.74, 6) is -2.60. The maximum absolute atomic E-state index is 12.7. The summed E-state index contributed by atoms with van der Waals surface area (Å²) in [4.78, 5) is 36.5. The van der Waals surface area contributed by atoms with E-state index in [0.717, 1.165) is 4.90 Å². The Morgan fingerprint density at radius 1 is 1.26 bits per heavy atom. The fraction of sp³-hybridized carbons (Fsp3) is 0.400. The number of rotatable bonds is 5. The van der Waals surface area contributed by atoms with Crippen LogP contribution in [0.5, 0.6) is 0 Å². The van der Waals surface area contributed by atoms with Crippen LogP contribution in [-0.2, 0) is 14.4 Å². The molecule has 0 aliphatic carbocycles. The lowest BCUT2D eigenvalue weighted by atomic mass is 10.0. The second kappa shape index (κ2) is 7.21. The molecule has 4 N–H and O–H groups in total. The van der Waals surface area contributed by atoms with Crippen molar-refractivity contribution in [3.8, 4) is 0 Å². The van der Waals surface area contributed by atoms with E-state index in [9.17, 15) is 24.6 Å². The van der Waals surface area contributed by atoms with Gasteiger partial charge in [0.15, 0.2) is 0 Å². The second-order valence-corrected chi connectivity index (χ2v) is 5.30. The van der Waals surface area contributed by atoms with Gasteiger partial charge in [-0.2, -0.15) is 0 Å². The van der Waals surface area contributed by atoms with Gasteiger partial charge in [-0.3, -0.25) is 9.59 Å². The van der Waals surface area contributed by atoms with Gasteiger partial charge in [0.25, 0.3) is 5.91 Å². The number of carboxylic acid groups (broad SMARTS) is 1. The number of β-amino-alcohol motifs (C(OH)–C–C–N with tert-alkyl or cyclic N) is 1. The quantitative estimate of drug-likeness (QED) is 0.544. The van der Waals surface area contributed by atoms with Crippen LogP contribution in [0.1, 0.15) is 18.0 Å². The average Bonchev–Trinajstić information content (AvgIpc) is 2.94. The molecule has 0 saturated carbocycles. The number of amides is 2. The lowest BCUT2D eigenvalue weighted by Gasteiger charge is -2.27. The molecule has 1 saturated heterocycles. The van der Waals surface area contributed by atoms with E-state index in [-0.39, 0.29) is 13.0 Å². The molecule has 1 aliphatic heterocycles. The van der Waals surface area contributed by atoms with E-state index in [1.54, 1.807) is 30.3 Å². The third-order valence-electron chi connectivity index (χ3n) is 3.68. The minimum atomic E-state index is -1.21. The zero-order valence-corrected chi connectivity index (χ0v) is 12.3. The number of carboxylic acids is 1. The van der Waals surface area contributed by atoms with E-state index < -0.39 is 42.6 Å². The average molecular weight is 322 g/mol. The first kappa shape index (κ1) is 16.9. The van der Waals surface area contributed by atoms with Crippen molar-refractivity contribution in [3.63, 3.8) is 0 Å². The highest BCUT2D eigenvalue weighted by molar-refractivity contribution is 5.92. The normalized spacial score (nSPS) is 21.7. The smallest absolute Gasteiger partial charge is 0.326 e. The van der Waals surface area contributed by atoms with Crippen molar-refractivity contribution >= 4 is 17.8 Å². The van der Waals surface area contributed by atoms with E-state index in [0.29, 0.717) is 5.56 Å². The molecule has 1 aromatic carbocycles. The number of benzene rings is 1. The predicted molar refractivity (Wildman–Crippen MR) is 78.2 cm³/mol. The van der Waals surface area contributed by atoms with Crippen molar-refractivity contribution in [1.29, 1.82) is 0 Å². The topological polar surface area (TPSA) is 127 Å². The fourth-order valence-electron chi connectivity index (χ4n) is 2.60. The molecule has 124 valence electrons. The van der Waals surface area contributed by atoms with Gasteiger partial charge < -0.3 is 25.5 Å². The molecule has 0 bridgehead atoms. The number of aliphatic carboxylic acids is 1. The van der Waals surface area contributed by atoms with Gasteiger partial charge in [-0.25, -0.2) is 4.79 Å². The minimum Gasteiger partial charge on any atom is -0.480 e. The van der Waals surface area contributed by atoms with Gasteiger partial charge in [0.1, 0.15) is 18.7 Å². The van der Waals surface area contributed by atoms with Crippen LogP contribution in [0.15, 0.2) is 30.3 Å². The molecule has 23 heavy (non-hydrogen) atoms. The molecule has 3 atom stereocenters. The van der Waals surface area contributed by atoms with Crippen LogP contribution < -0.4 is 5.32 Å². The van der Waals surface area contributed by atoms with Crippen molar-refractivity contribution in [1.82, 2.24) is 10.2 Å². The Labute approximate surface area is 132 Å². The van der Waals surface area contributed by atoms with Gasteiger partial charge in [0.2, 0.25) is 5.91 Å². The van der Waals surface area contributed by atoms with Gasteiger partial charge in [0.05, 0.1) is 6.10 Å². The molecule has 0 spiro atoms.